The van der Waals surface area contributed by atoms with Crippen molar-refractivity contribution in [3.8, 4) is 11.8 Å². The van der Waals surface area contributed by atoms with Crippen LogP contribution in [0.4, 0.5) is 18.0 Å². The number of alkyl halides is 3. The molecule has 9 heteroatoms. The highest BCUT2D eigenvalue weighted by Crippen LogP contribution is 2.31. The molecule has 0 unspecified atom stereocenters. The molecule has 0 aliphatic carbocycles. The summed E-state index contributed by atoms with van der Waals surface area (Å²) in [7, 11) is 0. The number of ether oxygens (including phenoxy) is 1. The third-order valence-electron chi connectivity index (χ3n) is 4.90. The van der Waals surface area contributed by atoms with Gasteiger partial charge in [0, 0.05) is 38.3 Å². The maximum atomic E-state index is 13.2. The van der Waals surface area contributed by atoms with Crippen molar-refractivity contribution < 1.29 is 32.6 Å². The van der Waals surface area contributed by atoms with E-state index in [1.807, 2.05) is 4.90 Å². The predicted molar refractivity (Wildman–Crippen MR) is 113 cm³/mol. The second-order valence-corrected chi connectivity index (χ2v) is 9.29. The number of benzene rings is 1. The second-order valence-electron chi connectivity index (χ2n) is 9.29. The lowest BCUT2D eigenvalue weighted by molar-refractivity contribution is -0.143. The Kier molecular flexibility index (Phi) is 7.51. The van der Waals surface area contributed by atoms with Crippen LogP contribution in [-0.4, -0.2) is 58.7 Å². The largest absolute Gasteiger partial charge is 0.480 e. The number of carboxylic acids is 1. The number of hydrogen-bond acceptors (Lipinski definition) is 4. The van der Waals surface area contributed by atoms with Crippen molar-refractivity contribution >= 4 is 12.1 Å². The van der Waals surface area contributed by atoms with Gasteiger partial charge in [0.15, 0.2) is 0 Å². The van der Waals surface area contributed by atoms with E-state index in [-0.39, 0.29) is 5.56 Å². The van der Waals surface area contributed by atoms with E-state index in [1.165, 1.54) is 19.9 Å². The van der Waals surface area contributed by atoms with E-state index in [1.54, 1.807) is 25.7 Å². The molecule has 0 bridgehead atoms. The third kappa shape index (κ3) is 7.16. The zero-order chi connectivity index (χ0) is 24.3. The van der Waals surface area contributed by atoms with Crippen molar-refractivity contribution in [1.29, 1.82) is 0 Å². The molecular weight excluding hydrogens is 425 g/mol. The third-order valence-corrected chi connectivity index (χ3v) is 4.90. The van der Waals surface area contributed by atoms with Crippen LogP contribution in [0.2, 0.25) is 0 Å². The number of aliphatic carboxylic acids is 1. The van der Waals surface area contributed by atoms with Gasteiger partial charge in [0.2, 0.25) is 0 Å². The van der Waals surface area contributed by atoms with Crippen molar-refractivity contribution in [3.63, 3.8) is 0 Å². The molecule has 1 N–H and O–H groups in total. The van der Waals surface area contributed by atoms with Crippen LogP contribution in [-0.2, 0) is 22.3 Å². The minimum absolute atomic E-state index is 0.142. The Balaban J connectivity index is 2.19. The Labute approximate surface area is 186 Å². The standard InChI is InChI=1S/C23H29F3N2O4/c1-21(2,3)32-20(31)28-12-10-27(11-13-28)15-17-6-7-18(23(24,25)26)14-16(17)8-9-22(4,5)19(29)30/h6-7,14H,10-13,15H2,1-5H3,(H,29,30). The number of rotatable bonds is 3. The number of halogens is 3. The average molecular weight is 454 g/mol. The van der Waals surface area contributed by atoms with Gasteiger partial charge in [0.1, 0.15) is 11.0 Å². The quantitative estimate of drug-likeness (QED) is 0.693. The van der Waals surface area contributed by atoms with E-state index in [2.05, 4.69) is 11.8 Å². The molecule has 6 nitrogen and oxygen atoms in total. The van der Waals surface area contributed by atoms with Crippen molar-refractivity contribution in [2.75, 3.05) is 26.2 Å². The summed E-state index contributed by atoms with van der Waals surface area (Å²) < 4.78 is 45.0. The molecule has 0 atom stereocenters. The van der Waals surface area contributed by atoms with Gasteiger partial charge in [-0.1, -0.05) is 17.9 Å². The molecule has 1 aliphatic rings. The van der Waals surface area contributed by atoms with Crippen molar-refractivity contribution in [1.82, 2.24) is 9.80 Å². The Bertz CT molecular complexity index is 916. The van der Waals surface area contributed by atoms with Crippen molar-refractivity contribution in [2.24, 2.45) is 5.41 Å². The lowest BCUT2D eigenvalue weighted by Crippen LogP contribution is -2.49. The maximum absolute atomic E-state index is 13.2. The highest BCUT2D eigenvalue weighted by atomic mass is 19.4. The summed E-state index contributed by atoms with van der Waals surface area (Å²) in [5.41, 5.74) is -2.12. The molecule has 0 radical (unpaired) electrons. The van der Waals surface area contributed by atoms with Crippen LogP contribution < -0.4 is 0 Å². The number of carbonyl (C=O) groups excluding carboxylic acids is 1. The number of carbonyl (C=O) groups is 2. The van der Waals surface area contributed by atoms with Gasteiger partial charge in [-0.2, -0.15) is 13.2 Å². The fourth-order valence-electron chi connectivity index (χ4n) is 2.94. The average Bonchev–Trinajstić information content (AvgIpc) is 2.65. The number of piperazine rings is 1. The van der Waals surface area contributed by atoms with E-state index in [9.17, 15) is 27.9 Å². The summed E-state index contributed by atoms with van der Waals surface area (Å²) in [6.45, 7) is 10.4. The minimum Gasteiger partial charge on any atom is -0.480 e. The summed E-state index contributed by atoms with van der Waals surface area (Å²) in [5.74, 6) is 4.06. The van der Waals surface area contributed by atoms with E-state index < -0.39 is 34.8 Å². The van der Waals surface area contributed by atoms with E-state index in [4.69, 9.17) is 4.74 Å². The fraction of sp³-hybridized carbons (Fsp3) is 0.565. The molecule has 0 saturated carbocycles. The summed E-state index contributed by atoms with van der Waals surface area (Å²) in [6.07, 6.45) is -4.93. The van der Waals surface area contributed by atoms with Crippen LogP contribution in [0.1, 0.15) is 51.3 Å². The first kappa shape index (κ1) is 25.5. The lowest BCUT2D eigenvalue weighted by atomic mass is 9.93. The predicted octanol–water partition coefficient (Wildman–Crippen LogP) is 4.22. The molecule has 32 heavy (non-hydrogen) atoms. The van der Waals surface area contributed by atoms with E-state index in [0.717, 1.165) is 12.1 Å². The Morgan fingerprint density at radius 3 is 2.16 bits per heavy atom. The van der Waals surface area contributed by atoms with Gasteiger partial charge in [0.05, 0.1) is 5.56 Å². The van der Waals surface area contributed by atoms with Gasteiger partial charge in [-0.05, 0) is 52.3 Å². The first-order chi connectivity index (χ1) is 14.6. The summed E-state index contributed by atoms with van der Waals surface area (Å²) >= 11 is 0. The molecule has 1 amide bonds. The maximum Gasteiger partial charge on any atom is 0.416 e. The molecule has 2 rings (SSSR count). The SMILES string of the molecule is CC(C)(C)OC(=O)N1CCN(Cc2ccc(C(F)(F)F)cc2C#CC(C)(C)C(=O)O)CC1. The second kappa shape index (κ2) is 9.41. The zero-order valence-corrected chi connectivity index (χ0v) is 19.0. The topological polar surface area (TPSA) is 70.1 Å². The van der Waals surface area contributed by atoms with Crippen molar-refractivity contribution in [3.05, 3.63) is 34.9 Å². The molecule has 1 aliphatic heterocycles. The molecular formula is C23H29F3N2O4. The first-order valence-corrected chi connectivity index (χ1v) is 10.3. The number of amides is 1. The van der Waals surface area contributed by atoms with Crippen LogP contribution in [0.25, 0.3) is 0 Å². The molecule has 0 spiro atoms. The molecule has 1 aromatic rings. The monoisotopic (exact) mass is 454 g/mol. The normalized spacial score (nSPS) is 15.7. The Hall–Kier alpha value is -2.73. The van der Waals surface area contributed by atoms with Crippen LogP contribution >= 0.6 is 0 Å². The van der Waals surface area contributed by atoms with Crippen LogP contribution in [0.5, 0.6) is 0 Å². The summed E-state index contributed by atoms with van der Waals surface area (Å²) in [4.78, 5) is 27.1. The fourth-order valence-corrected chi connectivity index (χ4v) is 2.94. The van der Waals surface area contributed by atoms with Gasteiger partial charge in [-0.25, -0.2) is 4.79 Å². The number of carboxylic acid groups (broad SMARTS) is 1. The van der Waals surface area contributed by atoms with Crippen LogP contribution in [0.15, 0.2) is 18.2 Å². The highest BCUT2D eigenvalue weighted by Gasteiger charge is 2.32. The van der Waals surface area contributed by atoms with E-state index >= 15 is 0 Å². The molecule has 1 aromatic carbocycles. The number of nitrogens with zero attached hydrogens (tertiary/aromatic N) is 2. The summed E-state index contributed by atoms with van der Waals surface area (Å²) in [6, 6.07) is 3.33. The number of hydrogen-bond donors (Lipinski definition) is 1. The van der Waals surface area contributed by atoms with Gasteiger partial charge >= 0.3 is 18.2 Å². The smallest absolute Gasteiger partial charge is 0.416 e. The van der Waals surface area contributed by atoms with Crippen LogP contribution in [0.3, 0.4) is 0 Å². The first-order valence-electron chi connectivity index (χ1n) is 10.3. The Morgan fingerprint density at radius 1 is 1.06 bits per heavy atom. The van der Waals surface area contributed by atoms with Gasteiger partial charge in [0.25, 0.3) is 0 Å². The van der Waals surface area contributed by atoms with Gasteiger partial charge in [-0.15, -0.1) is 0 Å². The molecule has 1 heterocycles. The lowest BCUT2D eigenvalue weighted by Gasteiger charge is -2.35. The van der Waals surface area contributed by atoms with Gasteiger partial charge in [-0.3, -0.25) is 9.69 Å². The van der Waals surface area contributed by atoms with Crippen molar-refractivity contribution in [2.45, 2.75) is 52.9 Å². The van der Waals surface area contributed by atoms with E-state index in [0.29, 0.717) is 38.3 Å². The molecule has 0 aromatic heterocycles. The molecule has 1 saturated heterocycles. The van der Waals surface area contributed by atoms with Gasteiger partial charge < -0.3 is 14.7 Å². The molecule has 176 valence electrons. The van der Waals surface area contributed by atoms with Crippen LogP contribution in [0, 0.1) is 17.3 Å². The Morgan fingerprint density at radius 2 is 1.66 bits per heavy atom. The molecule has 1 fully saturated rings. The minimum atomic E-state index is -4.53. The summed E-state index contributed by atoms with van der Waals surface area (Å²) in [5, 5.41) is 9.24. The highest BCUT2D eigenvalue weighted by molar-refractivity contribution is 5.77. The zero-order valence-electron chi connectivity index (χ0n) is 19.0.